The van der Waals surface area contributed by atoms with Gasteiger partial charge in [-0.2, -0.15) is 5.10 Å². The number of benzene rings is 1. The van der Waals surface area contributed by atoms with Gasteiger partial charge in [0.25, 0.3) is 5.91 Å². The summed E-state index contributed by atoms with van der Waals surface area (Å²) in [6.07, 6.45) is 1.73. The first kappa shape index (κ1) is 18.1. The lowest BCUT2D eigenvalue weighted by Gasteiger charge is -2.11. The first-order chi connectivity index (χ1) is 12.6. The van der Waals surface area contributed by atoms with Crippen LogP contribution in [0.15, 0.2) is 42.6 Å². The van der Waals surface area contributed by atoms with Crippen LogP contribution in [-0.4, -0.2) is 40.3 Å². The highest BCUT2D eigenvalue weighted by atomic mass is 16.1. The molecule has 0 saturated carbocycles. The fourth-order valence-electron chi connectivity index (χ4n) is 2.88. The molecule has 0 aliphatic rings. The molecular weight excluding hydrogens is 326 g/mol. The molecule has 1 aromatic carbocycles. The Labute approximate surface area is 153 Å². The van der Waals surface area contributed by atoms with Gasteiger partial charge in [0, 0.05) is 24.7 Å². The van der Waals surface area contributed by atoms with Gasteiger partial charge in [0.15, 0.2) is 5.65 Å². The Hall–Kier alpha value is -2.73. The Morgan fingerprint density at radius 1 is 1.19 bits per heavy atom. The zero-order valence-electron chi connectivity index (χ0n) is 15.5. The van der Waals surface area contributed by atoms with E-state index in [0.29, 0.717) is 12.1 Å². The highest BCUT2D eigenvalue weighted by Gasteiger charge is 2.18. The Morgan fingerprint density at radius 3 is 2.65 bits per heavy atom. The number of fused-ring (bicyclic) bond motifs is 1. The monoisotopic (exact) mass is 351 g/mol. The molecule has 0 fully saturated rings. The first-order valence-electron chi connectivity index (χ1n) is 9.04. The molecule has 136 valence electrons. The molecule has 0 aliphatic heterocycles. The van der Waals surface area contributed by atoms with Crippen molar-refractivity contribution >= 4 is 16.9 Å². The highest BCUT2D eigenvalue weighted by molar-refractivity contribution is 6.06. The molecule has 0 atom stereocenters. The summed E-state index contributed by atoms with van der Waals surface area (Å²) in [6, 6.07) is 11.9. The number of carbonyl (C=O) groups is 1. The van der Waals surface area contributed by atoms with Crippen LogP contribution in [0.5, 0.6) is 0 Å². The number of pyridine rings is 1. The smallest absolute Gasteiger partial charge is 0.252 e. The van der Waals surface area contributed by atoms with Gasteiger partial charge in [0.05, 0.1) is 22.8 Å². The highest BCUT2D eigenvalue weighted by Crippen LogP contribution is 2.26. The molecule has 0 unspecified atom stereocenters. The van der Waals surface area contributed by atoms with E-state index in [1.807, 2.05) is 48.0 Å². The van der Waals surface area contributed by atoms with Crippen molar-refractivity contribution in [2.45, 2.75) is 26.8 Å². The summed E-state index contributed by atoms with van der Waals surface area (Å²) < 4.78 is 1.86. The van der Waals surface area contributed by atoms with Gasteiger partial charge in [-0.1, -0.05) is 37.3 Å². The first-order valence-corrected chi connectivity index (χ1v) is 9.04. The number of hydrogen-bond donors (Lipinski definition) is 2. The minimum absolute atomic E-state index is 0.101. The summed E-state index contributed by atoms with van der Waals surface area (Å²) in [5.74, 6) is -0.101. The van der Waals surface area contributed by atoms with Crippen molar-refractivity contribution in [1.29, 1.82) is 0 Å². The van der Waals surface area contributed by atoms with Crippen molar-refractivity contribution in [3.05, 3.63) is 48.2 Å². The number of nitrogens with one attached hydrogen (secondary N) is 2. The molecular formula is C20H25N5O. The van der Waals surface area contributed by atoms with Crippen LogP contribution in [0.1, 0.15) is 37.2 Å². The summed E-state index contributed by atoms with van der Waals surface area (Å²) in [5.41, 5.74) is 3.10. The van der Waals surface area contributed by atoms with Gasteiger partial charge < -0.3 is 10.6 Å². The van der Waals surface area contributed by atoms with Gasteiger partial charge in [-0.25, -0.2) is 9.67 Å². The van der Waals surface area contributed by atoms with Crippen LogP contribution in [0.3, 0.4) is 0 Å². The Balaban J connectivity index is 2.04. The van der Waals surface area contributed by atoms with E-state index in [1.54, 1.807) is 6.20 Å². The molecule has 6 nitrogen and oxygen atoms in total. The largest absolute Gasteiger partial charge is 0.351 e. The van der Waals surface area contributed by atoms with E-state index < -0.39 is 0 Å². The van der Waals surface area contributed by atoms with Gasteiger partial charge in [0.2, 0.25) is 0 Å². The molecule has 2 heterocycles. The number of amides is 1. The van der Waals surface area contributed by atoms with E-state index in [1.165, 1.54) is 0 Å². The zero-order chi connectivity index (χ0) is 18.5. The van der Waals surface area contributed by atoms with Crippen LogP contribution < -0.4 is 10.6 Å². The van der Waals surface area contributed by atoms with Crippen molar-refractivity contribution in [2.75, 3.05) is 19.6 Å². The summed E-state index contributed by atoms with van der Waals surface area (Å²) in [6.45, 7) is 8.36. The lowest BCUT2D eigenvalue weighted by molar-refractivity contribution is 0.0955. The number of aromatic nitrogens is 3. The normalized spacial score (nSPS) is 11.2. The molecule has 26 heavy (non-hydrogen) atoms. The number of likely N-dealkylation sites (N-methyl/N-ethyl adjacent to an activating group) is 1. The van der Waals surface area contributed by atoms with Crippen molar-refractivity contribution in [3.8, 4) is 11.3 Å². The maximum absolute atomic E-state index is 12.8. The summed E-state index contributed by atoms with van der Waals surface area (Å²) in [7, 11) is 0. The van der Waals surface area contributed by atoms with E-state index in [-0.39, 0.29) is 11.9 Å². The van der Waals surface area contributed by atoms with Crippen molar-refractivity contribution < 1.29 is 4.79 Å². The number of rotatable bonds is 7. The van der Waals surface area contributed by atoms with Gasteiger partial charge in [-0.3, -0.25) is 4.79 Å². The quantitative estimate of drug-likeness (QED) is 0.642. The van der Waals surface area contributed by atoms with E-state index in [0.717, 1.165) is 35.4 Å². The third-order valence-electron chi connectivity index (χ3n) is 4.21. The van der Waals surface area contributed by atoms with Crippen LogP contribution in [0, 0.1) is 0 Å². The topological polar surface area (TPSA) is 71.8 Å². The van der Waals surface area contributed by atoms with Gasteiger partial charge in [-0.15, -0.1) is 0 Å². The third kappa shape index (κ3) is 3.75. The lowest BCUT2D eigenvalue weighted by Crippen LogP contribution is -2.31. The second-order valence-electron chi connectivity index (χ2n) is 6.45. The van der Waals surface area contributed by atoms with Crippen LogP contribution in [0.25, 0.3) is 22.3 Å². The minimum atomic E-state index is -0.101. The standard InChI is InChI=1S/C20H25N5O/c1-4-21-10-11-22-20(26)16-12-18(15-8-6-5-7-9-15)24-19-17(16)13-23-25(19)14(2)3/h5-9,12-14,21H,4,10-11H2,1-3H3,(H,22,26). The van der Waals surface area contributed by atoms with E-state index in [9.17, 15) is 4.79 Å². The fourth-order valence-corrected chi connectivity index (χ4v) is 2.88. The third-order valence-corrected chi connectivity index (χ3v) is 4.21. The average Bonchev–Trinajstić information content (AvgIpc) is 3.09. The zero-order valence-corrected chi connectivity index (χ0v) is 15.5. The maximum Gasteiger partial charge on any atom is 0.252 e. The van der Waals surface area contributed by atoms with Crippen LogP contribution in [0.4, 0.5) is 0 Å². The second-order valence-corrected chi connectivity index (χ2v) is 6.45. The molecule has 0 radical (unpaired) electrons. The molecule has 2 N–H and O–H groups in total. The van der Waals surface area contributed by atoms with Crippen molar-refractivity contribution in [3.63, 3.8) is 0 Å². The molecule has 3 rings (SSSR count). The van der Waals surface area contributed by atoms with Gasteiger partial charge in [-0.05, 0) is 26.5 Å². The summed E-state index contributed by atoms with van der Waals surface area (Å²) in [5, 5.41) is 11.4. The Bertz CT molecular complexity index is 886. The maximum atomic E-state index is 12.8. The second kappa shape index (κ2) is 8.10. The van der Waals surface area contributed by atoms with Crippen LogP contribution >= 0.6 is 0 Å². The lowest BCUT2D eigenvalue weighted by atomic mass is 10.1. The summed E-state index contributed by atoms with van der Waals surface area (Å²) >= 11 is 0. The predicted octanol–water partition coefficient (Wildman–Crippen LogP) is 3.02. The molecule has 0 aliphatic carbocycles. The average molecular weight is 351 g/mol. The number of hydrogen-bond acceptors (Lipinski definition) is 4. The van der Waals surface area contributed by atoms with Gasteiger partial charge >= 0.3 is 0 Å². The van der Waals surface area contributed by atoms with Crippen molar-refractivity contribution in [1.82, 2.24) is 25.4 Å². The molecule has 2 aromatic heterocycles. The Kier molecular flexibility index (Phi) is 5.63. The Morgan fingerprint density at radius 2 is 1.96 bits per heavy atom. The molecule has 1 amide bonds. The van der Waals surface area contributed by atoms with E-state index in [4.69, 9.17) is 4.98 Å². The summed E-state index contributed by atoms with van der Waals surface area (Å²) in [4.78, 5) is 17.6. The molecule has 0 bridgehead atoms. The molecule has 6 heteroatoms. The van der Waals surface area contributed by atoms with Gasteiger partial charge in [0.1, 0.15) is 0 Å². The van der Waals surface area contributed by atoms with Crippen LogP contribution in [-0.2, 0) is 0 Å². The predicted molar refractivity (Wildman–Crippen MR) is 104 cm³/mol. The molecule has 0 saturated heterocycles. The molecule has 0 spiro atoms. The van der Waals surface area contributed by atoms with Crippen molar-refractivity contribution in [2.24, 2.45) is 0 Å². The number of nitrogens with zero attached hydrogens (tertiary/aromatic N) is 3. The number of carbonyl (C=O) groups excluding carboxylic acids is 1. The fraction of sp³-hybridized carbons (Fsp3) is 0.350. The van der Waals surface area contributed by atoms with E-state index >= 15 is 0 Å². The minimum Gasteiger partial charge on any atom is -0.351 e. The van der Waals surface area contributed by atoms with E-state index in [2.05, 4.69) is 29.6 Å². The molecule has 3 aromatic rings. The SMILES string of the molecule is CCNCCNC(=O)c1cc(-c2ccccc2)nc2c1cnn2C(C)C. The van der Waals surface area contributed by atoms with Crippen LogP contribution in [0.2, 0.25) is 0 Å².